The molecule has 0 spiro atoms. The highest BCUT2D eigenvalue weighted by molar-refractivity contribution is 5.86. The van der Waals surface area contributed by atoms with Crippen LogP contribution >= 0.6 is 0 Å². The summed E-state index contributed by atoms with van der Waals surface area (Å²) in [7, 11) is 1.56. The molecule has 252 valence electrons. The van der Waals surface area contributed by atoms with Gasteiger partial charge in [-0.15, -0.1) is 0 Å². The number of carbonyl (C=O) groups excluding carboxylic acids is 3. The lowest BCUT2D eigenvalue weighted by atomic mass is 9.75. The van der Waals surface area contributed by atoms with Gasteiger partial charge in [-0.2, -0.15) is 0 Å². The Kier molecular flexibility index (Phi) is 7.98. The summed E-state index contributed by atoms with van der Waals surface area (Å²) >= 11 is 0. The molecule has 7 unspecified atom stereocenters. The van der Waals surface area contributed by atoms with E-state index in [9.17, 15) is 14.7 Å². The molecule has 7 rings (SSSR count). The zero-order chi connectivity index (χ0) is 33.8. The van der Waals surface area contributed by atoms with Gasteiger partial charge in [0, 0.05) is 42.5 Å². The third-order valence-electron chi connectivity index (χ3n) is 10.4. The molecular formula is C37H40N2O9. The highest BCUT2D eigenvalue weighted by Crippen LogP contribution is 2.68. The molecule has 3 aliphatic heterocycles. The fourth-order valence-corrected chi connectivity index (χ4v) is 7.95. The van der Waals surface area contributed by atoms with E-state index < -0.39 is 41.3 Å². The number of rotatable bonds is 8. The Morgan fingerprint density at radius 1 is 1.04 bits per heavy atom. The minimum atomic E-state index is -2.11. The second-order valence-corrected chi connectivity index (χ2v) is 13.0. The van der Waals surface area contributed by atoms with Crippen molar-refractivity contribution in [3.63, 3.8) is 0 Å². The summed E-state index contributed by atoms with van der Waals surface area (Å²) in [4.78, 5) is 43.0. The summed E-state index contributed by atoms with van der Waals surface area (Å²) in [6, 6.07) is 19.8. The van der Waals surface area contributed by atoms with Gasteiger partial charge in [-0.1, -0.05) is 56.3 Å². The number of likely N-dealkylation sites (tertiary alicyclic amines) is 1. The fourth-order valence-electron chi connectivity index (χ4n) is 7.95. The van der Waals surface area contributed by atoms with Crippen molar-refractivity contribution in [3.05, 3.63) is 83.4 Å². The number of nitrogens with zero attached hydrogens (tertiary/aromatic N) is 1. The molecule has 2 amide bonds. The van der Waals surface area contributed by atoms with Crippen molar-refractivity contribution in [3.8, 4) is 23.0 Å². The van der Waals surface area contributed by atoms with Crippen molar-refractivity contribution >= 4 is 17.8 Å². The minimum Gasteiger partial charge on any atom is -0.497 e. The molecular weight excluding hydrogens is 616 g/mol. The zero-order valence-electron chi connectivity index (χ0n) is 27.4. The number of amides is 2. The maximum Gasteiger partial charge on any atom is 0.303 e. The van der Waals surface area contributed by atoms with Gasteiger partial charge in [0.2, 0.25) is 18.6 Å². The first-order chi connectivity index (χ1) is 23.1. The lowest BCUT2D eigenvalue weighted by Crippen LogP contribution is -2.57. The molecule has 2 N–H and O–H groups in total. The Morgan fingerprint density at radius 3 is 2.42 bits per heavy atom. The highest BCUT2D eigenvalue weighted by atomic mass is 16.7. The summed E-state index contributed by atoms with van der Waals surface area (Å²) in [5.74, 6) is -1.83. The maximum absolute atomic E-state index is 15.3. The molecule has 2 fully saturated rings. The van der Waals surface area contributed by atoms with Crippen LogP contribution in [0.4, 0.5) is 0 Å². The predicted molar refractivity (Wildman–Crippen MR) is 172 cm³/mol. The Bertz CT molecular complexity index is 1730. The number of hydrogen-bond donors (Lipinski definition) is 2. The summed E-state index contributed by atoms with van der Waals surface area (Å²) in [6.07, 6.45) is -0.0535. The minimum absolute atomic E-state index is 0.0199. The van der Waals surface area contributed by atoms with Crippen LogP contribution in [0.3, 0.4) is 0 Å². The van der Waals surface area contributed by atoms with E-state index in [2.05, 4.69) is 5.32 Å². The molecule has 4 aliphatic rings. The normalized spacial score (nSPS) is 28.6. The highest BCUT2D eigenvalue weighted by Gasteiger charge is 2.78. The maximum atomic E-state index is 15.3. The molecule has 3 heterocycles. The zero-order valence-corrected chi connectivity index (χ0v) is 27.4. The summed E-state index contributed by atoms with van der Waals surface area (Å²) in [5, 5.41) is 16.5. The van der Waals surface area contributed by atoms with Crippen LogP contribution in [-0.2, 0) is 30.3 Å². The van der Waals surface area contributed by atoms with Crippen LogP contribution < -0.4 is 24.3 Å². The van der Waals surface area contributed by atoms with Crippen LogP contribution in [0.15, 0.2) is 66.7 Å². The van der Waals surface area contributed by atoms with Crippen molar-refractivity contribution in [1.82, 2.24) is 10.2 Å². The smallest absolute Gasteiger partial charge is 0.303 e. The first kappa shape index (κ1) is 31.8. The van der Waals surface area contributed by atoms with Crippen LogP contribution in [-0.4, -0.2) is 60.5 Å². The first-order valence-corrected chi connectivity index (χ1v) is 16.5. The Hall–Kier alpha value is -4.77. The number of carbonyl (C=O) groups is 3. The molecule has 1 saturated carbocycles. The van der Waals surface area contributed by atoms with Gasteiger partial charge in [-0.3, -0.25) is 14.4 Å². The number of hydrogen-bond acceptors (Lipinski definition) is 9. The number of nitrogens with one attached hydrogen (secondary N) is 1. The lowest BCUT2D eigenvalue weighted by molar-refractivity contribution is -0.195. The van der Waals surface area contributed by atoms with Crippen LogP contribution in [0.1, 0.15) is 62.6 Å². The van der Waals surface area contributed by atoms with E-state index in [0.29, 0.717) is 54.2 Å². The van der Waals surface area contributed by atoms with Crippen molar-refractivity contribution in [1.29, 1.82) is 0 Å². The Labute approximate surface area is 279 Å². The molecule has 1 saturated heterocycles. The van der Waals surface area contributed by atoms with Gasteiger partial charge < -0.3 is 39.0 Å². The van der Waals surface area contributed by atoms with Crippen LogP contribution in [0.25, 0.3) is 0 Å². The molecule has 11 heteroatoms. The number of ether oxygens (including phenoxy) is 5. The summed E-state index contributed by atoms with van der Waals surface area (Å²) in [5.41, 5.74) is -2.18. The van der Waals surface area contributed by atoms with Gasteiger partial charge in [0.25, 0.3) is 0 Å². The molecule has 0 aromatic heterocycles. The molecule has 1 aliphatic carbocycles. The van der Waals surface area contributed by atoms with Gasteiger partial charge in [0.05, 0.1) is 13.0 Å². The molecule has 0 radical (unpaired) electrons. The van der Waals surface area contributed by atoms with Gasteiger partial charge in [-0.25, -0.2) is 0 Å². The van der Waals surface area contributed by atoms with Crippen LogP contribution in [0.2, 0.25) is 0 Å². The topological polar surface area (TPSA) is 133 Å². The van der Waals surface area contributed by atoms with E-state index in [-0.39, 0.29) is 35.8 Å². The van der Waals surface area contributed by atoms with Crippen molar-refractivity contribution in [2.24, 2.45) is 11.8 Å². The van der Waals surface area contributed by atoms with Gasteiger partial charge in [-0.05, 0) is 43.0 Å². The van der Waals surface area contributed by atoms with Crippen LogP contribution in [0.5, 0.6) is 23.0 Å². The predicted octanol–water partition coefficient (Wildman–Crippen LogP) is 4.36. The van der Waals surface area contributed by atoms with E-state index in [0.717, 1.165) is 0 Å². The number of fused-ring (bicyclic) bond motifs is 5. The largest absolute Gasteiger partial charge is 0.497 e. The average molecular weight is 657 g/mol. The van der Waals surface area contributed by atoms with E-state index in [1.54, 1.807) is 36.3 Å². The number of aliphatic hydroxyl groups is 1. The van der Waals surface area contributed by atoms with E-state index in [1.165, 1.54) is 6.92 Å². The second-order valence-electron chi connectivity index (χ2n) is 13.0. The Morgan fingerprint density at radius 2 is 1.75 bits per heavy atom. The molecule has 2 bridgehead atoms. The third kappa shape index (κ3) is 4.77. The average Bonchev–Trinajstić information content (AvgIpc) is 3.79. The molecule has 3 aromatic carbocycles. The lowest BCUT2D eigenvalue weighted by Gasteiger charge is -2.46. The van der Waals surface area contributed by atoms with Crippen molar-refractivity contribution < 1.29 is 43.2 Å². The molecule has 11 nitrogen and oxygen atoms in total. The number of esters is 1. The quantitative estimate of drug-likeness (QED) is 0.340. The molecule has 7 atom stereocenters. The van der Waals surface area contributed by atoms with Crippen molar-refractivity contribution in [2.75, 3.05) is 20.4 Å². The number of methoxy groups -OCH3 is 1. The standard InChI is InChI=1S/C37H40N2O9/c1-5-21(2)33(41)38-30-12-9-17-39(30)34(42)32-31(23-10-7-6-8-11-23)37(24-13-15-25(44-4)16-14-24)35(47-22(3)40)36(32,43)26-18-28-29(46-20-45-28)19-27(26)48-37/h6-8,10-11,13-16,18-19,21,30-32,35,43H,5,9,12,17,20H2,1-4H3,(H,38,41). The summed E-state index contributed by atoms with van der Waals surface area (Å²) < 4.78 is 30.1. The van der Waals surface area contributed by atoms with Crippen molar-refractivity contribution in [2.45, 2.75) is 69.4 Å². The SMILES string of the molecule is CCC(C)C(=O)NC1CCCN1C(=O)C1C(c2ccccc2)C2(c3ccc(OC)cc3)Oc3cc4c(cc3C1(O)C2OC(C)=O)OCO4. The fraction of sp³-hybridized carbons (Fsp3) is 0.432. The second kappa shape index (κ2) is 12.0. The molecule has 3 aromatic rings. The Balaban J connectivity index is 1.48. The summed E-state index contributed by atoms with van der Waals surface area (Å²) in [6.45, 7) is 5.42. The third-order valence-corrected chi connectivity index (χ3v) is 10.4. The van der Waals surface area contributed by atoms with Gasteiger partial charge >= 0.3 is 5.97 Å². The van der Waals surface area contributed by atoms with Gasteiger partial charge in [0.15, 0.2) is 23.2 Å². The van der Waals surface area contributed by atoms with E-state index >= 15 is 4.79 Å². The number of benzene rings is 3. The van der Waals surface area contributed by atoms with E-state index in [1.807, 2.05) is 56.3 Å². The first-order valence-electron chi connectivity index (χ1n) is 16.5. The van der Waals surface area contributed by atoms with E-state index in [4.69, 9.17) is 23.7 Å². The molecule has 48 heavy (non-hydrogen) atoms. The van der Waals surface area contributed by atoms with Crippen LogP contribution in [0, 0.1) is 11.8 Å². The van der Waals surface area contributed by atoms with Gasteiger partial charge in [0.1, 0.15) is 23.3 Å². The monoisotopic (exact) mass is 656 g/mol.